The smallest absolute Gasteiger partial charge is 0.250 e. The maximum atomic E-state index is 11.5. The van der Waals surface area contributed by atoms with Gasteiger partial charge in [-0.1, -0.05) is 18.7 Å². The number of hydrogen-bond donors (Lipinski definition) is 2. The van der Waals surface area contributed by atoms with Crippen LogP contribution in [0.25, 0.3) is 0 Å². The minimum Gasteiger partial charge on any atom is -0.323 e. The number of hydrogen-bond acceptors (Lipinski definition) is 3. The van der Waals surface area contributed by atoms with Crippen LogP contribution in [0.4, 0.5) is 11.4 Å². The number of amides is 2. The number of anilines is 2. The number of nitrogens with zero attached hydrogens (tertiary/aromatic N) is 1. The van der Waals surface area contributed by atoms with Crippen LogP contribution in [0.15, 0.2) is 36.4 Å². The van der Waals surface area contributed by atoms with Gasteiger partial charge in [-0.3, -0.25) is 9.59 Å². The summed E-state index contributed by atoms with van der Waals surface area (Å²) in [6.45, 7) is 5.12. The van der Waals surface area contributed by atoms with Crippen molar-refractivity contribution in [2.75, 3.05) is 10.6 Å². The molecule has 0 radical (unpaired) electrons. The van der Waals surface area contributed by atoms with Gasteiger partial charge < -0.3 is 10.6 Å². The maximum Gasteiger partial charge on any atom is 0.250 e. The Labute approximate surface area is 105 Å². The second-order valence-electron chi connectivity index (χ2n) is 3.66. The zero-order chi connectivity index (χ0) is 13.5. The van der Waals surface area contributed by atoms with Crippen LogP contribution in [0.5, 0.6) is 0 Å². The maximum absolute atomic E-state index is 11.5. The lowest BCUT2D eigenvalue weighted by molar-refractivity contribution is -0.115. The predicted molar refractivity (Wildman–Crippen MR) is 68.7 cm³/mol. The monoisotopic (exact) mass is 243 g/mol. The highest BCUT2D eigenvalue weighted by molar-refractivity contribution is 6.06. The van der Waals surface area contributed by atoms with Crippen LogP contribution in [-0.2, 0) is 9.59 Å². The lowest BCUT2D eigenvalue weighted by Gasteiger charge is -2.11. The second-order valence-corrected chi connectivity index (χ2v) is 3.66. The highest BCUT2D eigenvalue weighted by atomic mass is 16.2. The number of benzene rings is 1. The summed E-state index contributed by atoms with van der Waals surface area (Å²) < 4.78 is 0. The van der Waals surface area contributed by atoms with Gasteiger partial charge in [0.05, 0.1) is 17.4 Å². The minimum absolute atomic E-state index is 0.233. The van der Waals surface area contributed by atoms with E-state index in [9.17, 15) is 9.59 Å². The van der Waals surface area contributed by atoms with Crippen molar-refractivity contribution in [3.8, 4) is 6.07 Å². The summed E-state index contributed by atoms with van der Waals surface area (Å²) in [6, 6.07) is 8.50. The highest BCUT2D eigenvalue weighted by Crippen LogP contribution is 2.21. The van der Waals surface area contributed by atoms with Crippen LogP contribution in [0.2, 0.25) is 0 Å². The third-order valence-electron chi connectivity index (χ3n) is 2.08. The van der Waals surface area contributed by atoms with Crippen LogP contribution in [0.3, 0.4) is 0 Å². The summed E-state index contributed by atoms with van der Waals surface area (Å²) in [7, 11) is 0. The third-order valence-corrected chi connectivity index (χ3v) is 2.08. The van der Waals surface area contributed by atoms with E-state index in [4.69, 9.17) is 5.26 Å². The van der Waals surface area contributed by atoms with Gasteiger partial charge in [0.15, 0.2) is 0 Å². The SMILES string of the molecule is C=C(C)C(=O)Nc1ccccc1NC(=O)CC#N. The van der Waals surface area contributed by atoms with Crippen LogP contribution < -0.4 is 10.6 Å². The average molecular weight is 243 g/mol. The molecule has 0 aliphatic rings. The molecule has 0 unspecified atom stereocenters. The van der Waals surface area contributed by atoms with Crippen molar-refractivity contribution < 1.29 is 9.59 Å². The van der Waals surface area contributed by atoms with Crippen LogP contribution in [0, 0.1) is 11.3 Å². The molecule has 18 heavy (non-hydrogen) atoms. The third kappa shape index (κ3) is 3.76. The molecule has 2 amide bonds. The molecule has 0 aromatic heterocycles. The Balaban J connectivity index is 2.86. The number of nitrogens with one attached hydrogen (secondary N) is 2. The predicted octanol–water partition coefficient (Wildman–Crippen LogP) is 2.05. The van der Waals surface area contributed by atoms with Gasteiger partial charge in [0.25, 0.3) is 5.91 Å². The molecule has 92 valence electrons. The standard InChI is InChI=1S/C13H13N3O2/c1-9(2)13(18)16-11-6-4-3-5-10(11)15-12(17)7-8-14/h3-6H,1,7H2,2H3,(H,15,17)(H,16,18). The number of carbonyl (C=O) groups excluding carboxylic acids is 2. The van der Waals surface area contributed by atoms with E-state index in [-0.39, 0.29) is 12.3 Å². The fourth-order valence-corrected chi connectivity index (χ4v) is 1.20. The molecule has 1 rings (SSSR count). The Morgan fingerprint density at radius 2 is 1.83 bits per heavy atom. The fourth-order valence-electron chi connectivity index (χ4n) is 1.20. The molecular weight excluding hydrogens is 230 g/mol. The molecule has 1 aromatic rings. The molecule has 0 fully saturated rings. The van der Waals surface area contributed by atoms with Gasteiger partial charge in [0.2, 0.25) is 5.91 Å². The van der Waals surface area contributed by atoms with Gasteiger partial charge in [-0.15, -0.1) is 0 Å². The molecule has 0 saturated carbocycles. The van der Waals surface area contributed by atoms with Crippen LogP contribution >= 0.6 is 0 Å². The van der Waals surface area contributed by atoms with E-state index in [0.717, 1.165) is 0 Å². The number of para-hydroxylation sites is 2. The first kappa shape index (κ1) is 13.5. The fraction of sp³-hybridized carbons (Fsp3) is 0.154. The van der Waals surface area contributed by atoms with E-state index >= 15 is 0 Å². The molecular formula is C13H13N3O2. The minimum atomic E-state index is -0.422. The Kier molecular flexibility index (Phi) is 4.64. The lowest BCUT2D eigenvalue weighted by Crippen LogP contribution is -2.16. The zero-order valence-electron chi connectivity index (χ0n) is 9.99. The van der Waals surface area contributed by atoms with E-state index in [1.807, 2.05) is 0 Å². The summed E-state index contributed by atoms with van der Waals surface area (Å²) in [4.78, 5) is 22.8. The van der Waals surface area contributed by atoms with Gasteiger partial charge in [-0.05, 0) is 19.1 Å². The normalized spacial score (nSPS) is 9.11. The Hall–Kier alpha value is -2.61. The molecule has 0 saturated heterocycles. The van der Waals surface area contributed by atoms with Crippen molar-refractivity contribution in [3.05, 3.63) is 36.4 Å². The lowest BCUT2D eigenvalue weighted by atomic mass is 10.2. The average Bonchev–Trinajstić information content (AvgIpc) is 2.31. The van der Waals surface area contributed by atoms with Crippen molar-refractivity contribution >= 4 is 23.2 Å². The van der Waals surface area contributed by atoms with Crippen molar-refractivity contribution in [1.82, 2.24) is 0 Å². The first-order valence-electron chi connectivity index (χ1n) is 5.27. The number of nitriles is 1. The van der Waals surface area contributed by atoms with E-state index in [1.54, 1.807) is 37.3 Å². The van der Waals surface area contributed by atoms with Crippen LogP contribution in [-0.4, -0.2) is 11.8 Å². The summed E-state index contributed by atoms with van der Waals surface area (Å²) in [5.74, 6) is -0.744. The van der Waals surface area contributed by atoms with Gasteiger partial charge in [0.1, 0.15) is 6.42 Å². The van der Waals surface area contributed by atoms with Gasteiger partial charge in [-0.2, -0.15) is 5.26 Å². The Morgan fingerprint density at radius 3 is 2.33 bits per heavy atom. The van der Waals surface area contributed by atoms with Crippen molar-refractivity contribution in [3.63, 3.8) is 0 Å². The molecule has 0 spiro atoms. The van der Waals surface area contributed by atoms with Gasteiger partial charge in [0, 0.05) is 5.57 Å². The molecule has 5 nitrogen and oxygen atoms in total. The van der Waals surface area contributed by atoms with Gasteiger partial charge >= 0.3 is 0 Å². The summed E-state index contributed by atoms with van der Waals surface area (Å²) in [5, 5.41) is 13.6. The van der Waals surface area contributed by atoms with E-state index in [2.05, 4.69) is 17.2 Å². The Morgan fingerprint density at radius 1 is 1.28 bits per heavy atom. The number of rotatable bonds is 4. The summed E-state index contributed by atoms with van der Waals surface area (Å²) >= 11 is 0. The second kappa shape index (κ2) is 6.21. The zero-order valence-corrected chi connectivity index (χ0v) is 9.99. The summed E-state index contributed by atoms with van der Waals surface area (Å²) in [6.07, 6.45) is -0.233. The van der Waals surface area contributed by atoms with E-state index in [1.165, 1.54) is 0 Å². The molecule has 0 bridgehead atoms. The number of carbonyl (C=O) groups is 2. The Bertz CT molecular complexity index is 529. The molecule has 0 aliphatic heterocycles. The van der Waals surface area contributed by atoms with E-state index in [0.29, 0.717) is 16.9 Å². The molecule has 0 heterocycles. The van der Waals surface area contributed by atoms with Crippen LogP contribution in [0.1, 0.15) is 13.3 Å². The molecule has 0 aliphatic carbocycles. The molecule has 1 aromatic carbocycles. The van der Waals surface area contributed by atoms with Crippen molar-refractivity contribution in [2.24, 2.45) is 0 Å². The van der Waals surface area contributed by atoms with E-state index < -0.39 is 5.91 Å². The molecule has 5 heteroatoms. The molecule has 0 atom stereocenters. The van der Waals surface area contributed by atoms with Crippen molar-refractivity contribution in [2.45, 2.75) is 13.3 Å². The largest absolute Gasteiger partial charge is 0.323 e. The topological polar surface area (TPSA) is 82.0 Å². The van der Waals surface area contributed by atoms with Gasteiger partial charge in [-0.25, -0.2) is 0 Å². The summed E-state index contributed by atoms with van der Waals surface area (Å²) in [5.41, 5.74) is 1.29. The first-order valence-corrected chi connectivity index (χ1v) is 5.27. The highest BCUT2D eigenvalue weighted by Gasteiger charge is 2.09. The molecule has 2 N–H and O–H groups in total. The quantitative estimate of drug-likeness (QED) is 0.794. The first-order chi connectivity index (χ1) is 8.54. The van der Waals surface area contributed by atoms with Crippen molar-refractivity contribution in [1.29, 1.82) is 5.26 Å².